The number of aryl methyl sites for hydroxylation is 1. The van der Waals surface area contributed by atoms with Crippen molar-refractivity contribution >= 4 is 92.1 Å². The highest BCUT2D eigenvalue weighted by atomic mass is 32.1. The van der Waals surface area contributed by atoms with E-state index >= 15 is 0 Å². The van der Waals surface area contributed by atoms with Gasteiger partial charge in [0.2, 0.25) is 0 Å². The molecule has 0 amide bonds. The molecule has 0 saturated heterocycles. The lowest BCUT2D eigenvalue weighted by Gasteiger charge is -2.28. The molecule has 4 nitrogen and oxygen atoms in total. The van der Waals surface area contributed by atoms with Gasteiger partial charge in [-0.3, -0.25) is 0 Å². The zero-order chi connectivity index (χ0) is 43.0. The van der Waals surface area contributed by atoms with Crippen molar-refractivity contribution in [1.29, 1.82) is 0 Å². The van der Waals surface area contributed by atoms with Gasteiger partial charge in [-0.1, -0.05) is 159 Å². The third kappa shape index (κ3) is 5.39. The van der Waals surface area contributed by atoms with Gasteiger partial charge in [-0.05, 0) is 93.9 Å². The van der Waals surface area contributed by atoms with Gasteiger partial charge in [0.1, 0.15) is 0 Å². The maximum Gasteiger partial charge on any atom is 0.164 e. The zero-order valence-corrected chi connectivity index (χ0v) is 37.0. The first-order chi connectivity index (χ1) is 32.0. The number of nitrogens with zero attached hydrogens (tertiary/aromatic N) is 4. The van der Waals surface area contributed by atoms with E-state index in [4.69, 9.17) is 15.0 Å². The summed E-state index contributed by atoms with van der Waals surface area (Å²) in [7, 11) is 0. The highest BCUT2D eigenvalue weighted by molar-refractivity contribution is 7.26. The first-order valence-electron chi connectivity index (χ1n) is 22.9. The van der Waals surface area contributed by atoms with Crippen molar-refractivity contribution in [2.75, 3.05) is 0 Å². The van der Waals surface area contributed by atoms with Crippen LogP contribution in [0.1, 0.15) is 61.2 Å². The van der Waals surface area contributed by atoms with Gasteiger partial charge in [0.25, 0.3) is 0 Å². The molecule has 3 aliphatic rings. The van der Waals surface area contributed by atoms with Crippen molar-refractivity contribution in [3.05, 3.63) is 197 Å². The van der Waals surface area contributed by atoms with E-state index in [2.05, 4.69) is 188 Å². The number of aromatic nitrogens is 4. The summed E-state index contributed by atoms with van der Waals surface area (Å²) in [6.45, 7) is 4.72. The SMILES string of the molecule is CC1(C)C2=C(CCC=C2c2nc(-c3ccc4ccccc4c3)nc(-c3cccc4sc5cc(-n6c7c8c(ccc7c7ccc9ccccc9c76)CCC=C8)ccc5c34)n2)c2ccccc21. The summed E-state index contributed by atoms with van der Waals surface area (Å²) in [4.78, 5) is 16.3. The molecule has 0 fully saturated rings. The Kier molecular flexibility index (Phi) is 7.83. The summed E-state index contributed by atoms with van der Waals surface area (Å²) < 4.78 is 5.00. The molecule has 0 atom stereocenters. The number of hydrogen-bond acceptors (Lipinski definition) is 4. The Morgan fingerprint density at radius 2 is 1.31 bits per heavy atom. The van der Waals surface area contributed by atoms with Crippen LogP contribution in [-0.4, -0.2) is 19.5 Å². The molecule has 11 aromatic rings. The minimum atomic E-state index is -0.187. The Hall–Kier alpha value is -7.47. The highest BCUT2D eigenvalue weighted by Gasteiger charge is 2.41. The van der Waals surface area contributed by atoms with Crippen LogP contribution in [0.4, 0.5) is 0 Å². The first kappa shape index (κ1) is 37.0. The van der Waals surface area contributed by atoms with Crippen LogP contribution in [0.2, 0.25) is 0 Å². The molecule has 0 unspecified atom stereocenters. The monoisotopic (exact) mass is 850 g/mol. The van der Waals surface area contributed by atoms with Gasteiger partial charge in [-0.2, -0.15) is 0 Å². The average Bonchev–Trinajstić information content (AvgIpc) is 3.99. The molecular formula is C60H42N4S. The minimum absolute atomic E-state index is 0.187. The Morgan fingerprint density at radius 3 is 2.25 bits per heavy atom. The predicted molar refractivity (Wildman–Crippen MR) is 274 cm³/mol. The van der Waals surface area contributed by atoms with Crippen LogP contribution in [0.15, 0.2) is 169 Å². The van der Waals surface area contributed by atoms with Crippen LogP contribution >= 0.6 is 11.3 Å². The van der Waals surface area contributed by atoms with Gasteiger partial charge in [-0.15, -0.1) is 11.3 Å². The van der Waals surface area contributed by atoms with Crippen molar-refractivity contribution in [3.8, 4) is 28.5 Å². The topological polar surface area (TPSA) is 43.6 Å². The second kappa shape index (κ2) is 13.8. The summed E-state index contributed by atoms with van der Waals surface area (Å²) in [6, 6.07) is 55.9. The first-order valence-corrected chi connectivity index (χ1v) is 23.7. The van der Waals surface area contributed by atoms with Gasteiger partial charge < -0.3 is 4.57 Å². The molecule has 0 radical (unpaired) electrons. The van der Waals surface area contributed by atoms with E-state index in [1.807, 2.05) is 11.3 Å². The maximum atomic E-state index is 5.51. The molecule has 3 heterocycles. The lowest BCUT2D eigenvalue weighted by atomic mass is 9.76. The van der Waals surface area contributed by atoms with E-state index in [1.54, 1.807) is 0 Å². The Bertz CT molecular complexity index is 3990. The third-order valence-corrected chi connectivity index (χ3v) is 15.7. The average molecular weight is 851 g/mol. The van der Waals surface area contributed by atoms with Crippen molar-refractivity contribution < 1.29 is 0 Å². The molecular weight excluding hydrogens is 809 g/mol. The highest BCUT2D eigenvalue weighted by Crippen LogP contribution is 2.54. The Labute approximate surface area is 380 Å². The summed E-state index contributed by atoms with van der Waals surface area (Å²) in [5.41, 5.74) is 14.9. The number of thiophene rings is 1. The van der Waals surface area contributed by atoms with Crippen molar-refractivity contribution in [3.63, 3.8) is 0 Å². The molecule has 65 heavy (non-hydrogen) atoms. The van der Waals surface area contributed by atoms with E-state index < -0.39 is 0 Å². The molecule has 14 rings (SSSR count). The molecule has 0 bridgehead atoms. The molecule has 5 heteroatoms. The fraction of sp³-hybridized carbons (Fsp3) is 0.117. The van der Waals surface area contributed by atoms with E-state index in [-0.39, 0.29) is 5.41 Å². The normalized spacial score (nSPS) is 15.4. The summed E-state index contributed by atoms with van der Waals surface area (Å²) >= 11 is 1.85. The van der Waals surface area contributed by atoms with Gasteiger partial charge in [0.15, 0.2) is 17.5 Å². The van der Waals surface area contributed by atoms with Crippen LogP contribution in [0.5, 0.6) is 0 Å². The van der Waals surface area contributed by atoms with Crippen molar-refractivity contribution in [2.45, 2.75) is 44.9 Å². The largest absolute Gasteiger partial charge is 0.308 e. The van der Waals surface area contributed by atoms with Gasteiger partial charge in [0.05, 0.1) is 11.0 Å². The lowest BCUT2D eigenvalue weighted by Crippen LogP contribution is -2.20. The van der Waals surface area contributed by atoms with Crippen LogP contribution in [0.25, 0.3) is 109 Å². The minimum Gasteiger partial charge on any atom is -0.308 e. The van der Waals surface area contributed by atoms with E-state index in [0.717, 1.165) is 53.6 Å². The molecule has 308 valence electrons. The summed E-state index contributed by atoms with van der Waals surface area (Å²) in [6.07, 6.45) is 11.2. The van der Waals surface area contributed by atoms with E-state index in [1.165, 1.54) is 97.2 Å². The third-order valence-electron chi connectivity index (χ3n) is 14.5. The molecule has 0 N–H and O–H groups in total. The van der Waals surface area contributed by atoms with Crippen LogP contribution in [0, 0.1) is 0 Å². The van der Waals surface area contributed by atoms with E-state index in [9.17, 15) is 0 Å². The maximum absolute atomic E-state index is 5.51. The second-order valence-electron chi connectivity index (χ2n) is 18.5. The number of allylic oxidation sites excluding steroid dienone is 5. The smallest absolute Gasteiger partial charge is 0.164 e. The quantitative estimate of drug-likeness (QED) is 0.177. The molecule has 8 aromatic carbocycles. The van der Waals surface area contributed by atoms with Crippen LogP contribution in [0.3, 0.4) is 0 Å². The lowest BCUT2D eigenvalue weighted by molar-refractivity contribution is 0.654. The summed E-state index contributed by atoms with van der Waals surface area (Å²) in [5, 5.41) is 9.84. The second-order valence-corrected chi connectivity index (χ2v) is 19.6. The van der Waals surface area contributed by atoms with E-state index in [0.29, 0.717) is 11.6 Å². The number of hydrogen-bond donors (Lipinski definition) is 0. The van der Waals surface area contributed by atoms with Gasteiger partial charge in [0, 0.05) is 69.7 Å². The van der Waals surface area contributed by atoms with Crippen LogP contribution in [-0.2, 0) is 11.8 Å². The van der Waals surface area contributed by atoms with Gasteiger partial charge >= 0.3 is 0 Å². The number of rotatable bonds is 4. The predicted octanol–water partition coefficient (Wildman–Crippen LogP) is 15.9. The Morgan fingerprint density at radius 1 is 0.554 bits per heavy atom. The summed E-state index contributed by atoms with van der Waals surface area (Å²) in [5.74, 6) is 2.12. The van der Waals surface area contributed by atoms with Crippen molar-refractivity contribution in [1.82, 2.24) is 19.5 Å². The molecule has 3 aromatic heterocycles. The molecule has 3 aliphatic carbocycles. The fourth-order valence-corrected chi connectivity index (χ4v) is 12.8. The molecule has 0 saturated carbocycles. The number of fused-ring (bicyclic) bond motifs is 13. The Balaban J connectivity index is 0.989. The molecule has 0 spiro atoms. The number of benzene rings is 8. The molecule has 0 aliphatic heterocycles. The zero-order valence-electron chi connectivity index (χ0n) is 36.2. The van der Waals surface area contributed by atoms with Crippen molar-refractivity contribution in [2.24, 2.45) is 0 Å². The van der Waals surface area contributed by atoms with Gasteiger partial charge in [-0.25, -0.2) is 15.0 Å². The standard InChI is InChI=1S/C60H42N4S/c1-60(2)50-23-10-9-19-43(50)44-20-11-22-49(54(44)60)59-62-57(39-26-25-35-13-3-4-16-38(35)33-39)61-58(63-59)48-21-12-24-51-53(48)47-32-29-40(34-52(47)65-51)64-55-41-17-7-5-14-36(41)27-30-45(55)46-31-28-37-15-6-8-18-42(37)56(46)64/h3-5,7-10,12-14,16-19,21-34H,6,11,15,20H2,1-2H3. The van der Waals surface area contributed by atoms with Crippen LogP contribution < -0.4 is 0 Å². The fourth-order valence-electron chi connectivity index (χ4n) is 11.6.